The van der Waals surface area contributed by atoms with Crippen molar-refractivity contribution in [3.05, 3.63) is 207 Å². The van der Waals surface area contributed by atoms with Crippen LogP contribution in [0.4, 0.5) is 34.1 Å². The van der Waals surface area contributed by atoms with Crippen molar-refractivity contribution in [2.75, 3.05) is 9.80 Å². The van der Waals surface area contributed by atoms with Crippen LogP contribution >= 0.6 is 0 Å². The predicted octanol–water partition coefficient (Wildman–Crippen LogP) is 12.4. The van der Waals surface area contributed by atoms with E-state index in [4.69, 9.17) is 9.97 Å². The molecule has 0 bridgehead atoms. The van der Waals surface area contributed by atoms with E-state index in [1.807, 2.05) is 18.2 Å². The minimum Gasteiger partial charge on any atom is -0.311 e. The molecule has 0 saturated carbocycles. The van der Waals surface area contributed by atoms with Crippen molar-refractivity contribution in [2.45, 2.75) is 0 Å². The molecule has 4 heteroatoms. The van der Waals surface area contributed by atoms with Gasteiger partial charge in [-0.2, -0.15) is 0 Å². The third-order valence-corrected chi connectivity index (χ3v) is 8.77. The number of benzene rings is 7. The summed E-state index contributed by atoms with van der Waals surface area (Å²) in [5.41, 5.74) is 12.5. The minimum absolute atomic E-state index is 0.854. The van der Waals surface area contributed by atoms with E-state index in [1.54, 1.807) is 12.4 Å². The zero-order valence-corrected chi connectivity index (χ0v) is 27.4. The summed E-state index contributed by atoms with van der Waals surface area (Å²) in [6.07, 6.45) is 3.51. The average Bonchev–Trinajstić information content (AvgIpc) is 3.21. The van der Waals surface area contributed by atoms with Crippen LogP contribution in [-0.4, -0.2) is 9.97 Å². The van der Waals surface area contributed by atoms with Crippen molar-refractivity contribution in [3.8, 4) is 33.6 Å². The van der Waals surface area contributed by atoms with Gasteiger partial charge in [0.2, 0.25) is 0 Å². The third-order valence-electron chi connectivity index (χ3n) is 8.77. The Labute approximate surface area is 293 Å². The summed E-state index contributed by atoms with van der Waals surface area (Å²) in [6.45, 7) is 0. The Bertz CT molecular complexity index is 2250. The molecule has 0 fully saturated rings. The molecule has 7 aromatic carbocycles. The van der Waals surface area contributed by atoms with Crippen LogP contribution in [0.15, 0.2) is 207 Å². The summed E-state index contributed by atoms with van der Waals surface area (Å²) in [7, 11) is 0. The van der Waals surface area contributed by atoms with Crippen LogP contribution in [0, 0.1) is 0 Å². The second-order valence-electron chi connectivity index (χ2n) is 11.9. The van der Waals surface area contributed by atoms with Gasteiger partial charge in [-0.05, 0) is 72.3 Å². The number of rotatable bonds is 9. The van der Waals surface area contributed by atoms with Gasteiger partial charge in [0.05, 0.1) is 17.1 Å². The van der Waals surface area contributed by atoms with Gasteiger partial charge in [0.1, 0.15) is 0 Å². The smallest absolute Gasteiger partial charge is 0.0965 e. The van der Waals surface area contributed by atoms with Crippen molar-refractivity contribution < 1.29 is 0 Å². The summed E-state index contributed by atoms with van der Waals surface area (Å²) in [4.78, 5) is 14.1. The Morgan fingerprint density at radius 3 is 1.16 bits per heavy atom. The highest BCUT2D eigenvalue weighted by Gasteiger charge is 2.19. The van der Waals surface area contributed by atoms with E-state index < -0.39 is 0 Å². The van der Waals surface area contributed by atoms with Gasteiger partial charge >= 0.3 is 0 Å². The van der Waals surface area contributed by atoms with Crippen LogP contribution in [0.2, 0.25) is 0 Å². The predicted molar refractivity (Wildman–Crippen MR) is 208 cm³/mol. The summed E-state index contributed by atoms with van der Waals surface area (Å²) in [5.74, 6) is 0. The fraction of sp³-hybridized carbons (Fsp3) is 0. The van der Waals surface area contributed by atoms with Gasteiger partial charge < -0.3 is 9.80 Å². The highest BCUT2D eigenvalue weighted by Crippen LogP contribution is 2.43. The van der Waals surface area contributed by atoms with Gasteiger partial charge in [0, 0.05) is 57.5 Å². The molecule has 0 unspecified atom stereocenters. The van der Waals surface area contributed by atoms with Gasteiger partial charge in [-0.3, -0.25) is 9.97 Å². The fourth-order valence-corrected chi connectivity index (χ4v) is 6.43. The molecule has 238 valence electrons. The monoisotopic (exact) mass is 642 g/mol. The SMILES string of the molecule is c1ccc(-c2ccccc2N(c2ccc(-c3nccnc3-c3ccccc3)cc2)c2ccc(N(c3ccccc3)c3ccccc3)cc2)cc1. The lowest BCUT2D eigenvalue weighted by atomic mass is 10.0. The lowest BCUT2D eigenvalue weighted by molar-refractivity contribution is 1.21. The summed E-state index contributed by atoms with van der Waals surface area (Å²) < 4.78 is 0. The number of hydrogen-bond acceptors (Lipinski definition) is 4. The molecular formula is C46H34N4. The van der Waals surface area contributed by atoms with Gasteiger partial charge in [-0.1, -0.05) is 127 Å². The first-order valence-electron chi connectivity index (χ1n) is 16.8. The molecule has 0 atom stereocenters. The van der Waals surface area contributed by atoms with Gasteiger partial charge in [-0.25, -0.2) is 0 Å². The quantitative estimate of drug-likeness (QED) is 0.157. The first-order chi connectivity index (χ1) is 24.8. The van der Waals surface area contributed by atoms with Gasteiger partial charge in [0.15, 0.2) is 0 Å². The summed E-state index contributed by atoms with van der Waals surface area (Å²) in [5, 5.41) is 0. The lowest BCUT2D eigenvalue weighted by Crippen LogP contribution is -2.13. The number of nitrogens with zero attached hydrogens (tertiary/aromatic N) is 4. The van der Waals surface area contributed by atoms with E-state index in [2.05, 4.69) is 186 Å². The molecule has 8 rings (SSSR count). The van der Waals surface area contributed by atoms with E-state index >= 15 is 0 Å². The molecule has 4 nitrogen and oxygen atoms in total. The number of para-hydroxylation sites is 3. The highest BCUT2D eigenvalue weighted by atomic mass is 15.2. The lowest BCUT2D eigenvalue weighted by Gasteiger charge is -2.29. The minimum atomic E-state index is 0.854. The largest absolute Gasteiger partial charge is 0.311 e. The maximum Gasteiger partial charge on any atom is 0.0965 e. The zero-order chi connectivity index (χ0) is 33.5. The molecule has 0 aliphatic heterocycles. The first-order valence-corrected chi connectivity index (χ1v) is 16.8. The van der Waals surface area contributed by atoms with Crippen LogP contribution in [-0.2, 0) is 0 Å². The summed E-state index contributed by atoms with van der Waals surface area (Å²) in [6, 6.07) is 67.9. The zero-order valence-electron chi connectivity index (χ0n) is 27.4. The summed E-state index contributed by atoms with van der Waals surface area (Å²) >= 11 is 0. The topological polar surface area (TPSA) is 32.3 Å². The first kappa shape index (κ1) is 30.5. The van der Waals surface area contributed by atoms with Crippen LogP contribution in [0.25, 0.3) is 33.6 Å². The molecular weight excluding hydrogens is 609 g/mol. The molecule has 1 heterocycles. The Morgan fingerprint density at radius 1 is 0.280 bits per heavy atom. The normalized spacial score (nSPS) is 10.8. The molecule has 0 saturated heterocycles. The Hall–Kier alpha value is -6.78. The van der Waals surface area contributed by atoms with Gasteiger partial charge in [0.25, 0.3) is 0 Å². The highest BCUT2D eigenvalue weighted by molar-refractivity contribution is 5.89. The molecule has 0 aliphatic rings. The Kier molecular flexibility index (Phi) is 8.64. The van der Waals surface area contributed by atoms with Crippen molar-refractivity contribution in [1.29, 1.82) is 0 Å². The Balaban J connectivity index is 1.23. The second-order valence-corrected chi connectivity index (χ2v) is 11.9. The van der Waals surface area contributed by atoms with Crippen LogP contribution < -0.4 is 9.80 Å². The Morgan fingerprint density at radius 2 is 0.640 bits per heavy atom. The molecule has 0 spiro atoms. The average molecular weight is 643 g/mol. The fourth-order valence-electron chi connectivity index (χ4n) is 6.43. The third kappa shape index (κ3) is 6.26. The van der Waals surface area contributed by atoms with Crippen LogP contribution in [0.1, 0.15) is 0 Å². The van der Waals surface area contributed by atoms with E-state index in [0.29, 0.717) is 0 Å². The molecule has 50 heavy (non-hydrogen) atoms. The van der Waals surface area contributed by atoms with Crippen molar-refractivity contribution in [2.24, 2.45) is 0 Å². The van der Waals surface area contributed by atoms with E-state index in [1.165, 1.54) is 0 Å². The number of aromatic nitrogens is 2. The molecule has 0 N–H and O–H groups in total. The second kappa shape index (κ2) is 14.1. The van der Waals surface area contributed by atoms with Gasteiger partial charge in [-0.15, -0.1) is 0 Å². The molecule has 0 aliphatic carbocycles. The molecule has 1 aromatic heterocycles. The molecule has 8 aromatic rings. The maximum atomic E-state index is 4.77. The number of hydrogen-bond donors (Lipinski definition) is 0. The molecule has 0 radical (unpaired) electrons. The van der Waals surface area contributed by atoms with E-state index in [0.717, 1.165) is 67.8 Å². The standard InChI is InChI=1S/C46H34N4/c1-5-15-35(16-6-1)43-23-13-14-24-44(43)50(41-27-25-37(26-28-41)46-45(47-33-34-48-46)36-17-7-2-8-18-36)42-31-29-40(30-32-42)49(38-19-9-3-10-20-38)39-21-11-4-12-22-39/h1-34H. The molecule has 0 amide bonds. The van der Waals surface area contributed by atoms with Crippen LogP contribution in [0.5, 0.6) is 0 Å². The van der Waals surface area contributed by atoms with Crippen molar-refractivity contribution in [3.63, 3.8) is 0 Å². The van der Waals surface area contributed by atoms with Crippen molar-refractivity contribution in [1.82, 2.24) is 9.97 Å². The van der Waals surface area contributed by atoms with E-state index in [-0.39, 0.29) is 0 Å². The van der Waals surface area contributed by atoms with E-state index in [9.17, 15) is 0 Å². The van der Waals surface area contributed by atoms with Crippen molar-refractivity contribution >= 4 is 34.1 Å². The number of anilines is 6. The van der Waals surface area contributed by atoms with Crippen LogP contribution in [0.3, 0.4) is 0 Å². The maximum absolute atomic E-state index is 4.77.